The van der Waals surface area contributed by atoms with Crippen molar-refractivity contribution in [1.29, 1.82) is 0 Å². The summed E-state index contributed by atoms with van der Waals surface area (Å²) in [5.74, 6) is 0.134. The van der Waals surface area contributed by atoms with Gasteiger partial charge < -0.3 is 19.6 Å². The third-order valence-electron chi connectivity index (χ3n) is 4.69. The molecule has 6 nitrogen and oxygen atoms in total. The first-order valence-electron chi connectivity index (χ1n) is 9.04. The Balaban J connectivity index is 1.70. The van der Waals surface area contributed by atoms with E-state index in [0.717, 1.165) is 16.7 Å². The van der Waals surface area contributed by atoms with Crippen molar-refractivity contribution >= 4 is 16.9 Å². The maximum absolute atomic E-state index is 12.2. The van der Waals surface area contributed by atoms with E-state index in [4.69, 9.17) is 9.15 Å². The van der Waals surface area contributed by atoms with Crippen molar-refractivity contribution in [2.75, 3.05) is 13.2 Å². The van der Waals surface area contributed by atoms with Crippen molar-refractivity contribution in [3.63, 3.8) is 0 Å². The third kappa shape index (κ3) is 4.23. The maximum atomic E-state index is 12.2. The molecular formula is C22H23NO5. The van der Waals surface area contributed by atoms with Gasteiger partial charge >= 0.3 is 5.63 Å². The minimum atomic E-state index is -0.788. The van der Waals surface area contributed by atoms with Crippen molar-refractivity contribution in [2.45, 2.75) is 26.9 Å². The summed E-state index contributed by atoms with van der Waals surface area (Å²) in [5.41, 5.74) is 2.92. The summed E-state index contributed by atoms with van der Waals surface area (Å²) >= 11 is 0. The molecule has 1 amide bonds. The molecule has 1 aromatic heterocycles. The molecule has 0 aliphatic carbocycles. The highest BCUT2D eigenvalue weighted by molar-refractivity contribution is 5.88. The van der Waals surface area contributed by atoms with Crippen molar-refractivity contribution in [2.24, 2.45) is 0 Å². The molecule has 1 heterocycles. The molecule has 0 unspecified atom stereocenters. The van der Waals surface area contributed by atoms with E-state index in [2.05, 4.69) is 5.32 Å². The molecule has 1 atom stereocenters. The van der Waals surface area contributed by atoms with Crippen molar-refractivity contribution in [3.05, 3.63) is 75.1 Å². The summed E-state index contributed by atoms with van der Waals surface area (Å²) in [6, 6.07) is 12.7. The number of aliphatic hydroxyl groups excluding tert-OH is 1. The average Bonchev–Trinajstić information content (AvgIpc) is 2.68. The molecule has 2 aromatic carbocycles. The molecule has 0 fully saturated rings. The maximum Gasteiger partial charge on any atom is 0.339 e. The third-order valence-corrected chi connectivity index (χ3v) is 4.69. The fourth-order valence-electron chi connectivity index (χ4n) is 3.00. The predicted molar refractivity (Wildman–Crippen MR) is 107 cm³/mol. The second kappa shape index (κ2) is 8.27. The number of amides is 1. The zero-order valence-corrected chi connectivity index (χ0v) is 16.1. The summed E-state index contributed by atoms with van der Waals surface area (Å²) in [6.07, 6.45) is -0.788. The Labute approximate surface area is 162 Å². The summed E-state index contributed by atoms with van der Waals surface area (Å²) in [7, 11) is 0. The zero-order valence-electron chi connectivity index (χ0n) is 16.1. The Morgan fingerprint density at radius 1 is 1.14 bits per heavy atom. The van der Waals surface area contributed by atoms with Gasteiger partial charge in [0.2, 0.25) is 0 Å². The van der Waals surface area contributed by atoms with Crippen LogP contribution in [0.15, 0.2) is 51.7 Å². The Morgan fingerprint density at radius 3 is 2.57 bits per heavy atom. The molecule has 6 heteroatoms. The molecule has 3 aromatic rings. The van der Waals surface area contributed by atoms with E-state index < -0.39 is 6.10 Å². The van der Waals surface area contributed by atoms with E-state index in [9.17, 15) is 14.7 Å². The van der Waals surface area contributed by atoms with Crippen LogP contribution in [0.4, 0.5) is 0 Å². The Morgan fingerprint density at radius 2 is 1.86 bits per heavy atom. The Hall–Kier alpha value is -3.12. The van der Waals surface area contributed by atoms with Gasteiger partial charge in [-0.05, 0) is 49.6 Å². The van der Waals surface area contributed by atoms with Gasteiger partial charge in [-0.2, -0.15) is 0 Å². The lowest BCUT2D eigenvalue weighted by Gasteiger charge is -2.14. The van der Waals surface area contributed by atoms with Crippen LogP contribution in [0.3, 0.4) is 0 Å². The fourth-order valence-corrected chi connectivity index (χ4v) is 3.00. The number of ether oxygens (including phenoxy) is 1. The van der Waals surface area contributed by atoms with Gasteiger partial charge in [0.05, 0.1) is 11.5 Å². The number of rotatable bonds is 6. The molecule has 0 radical (unpaired) electrons. The molecule has 2 N–H and O–H groups in total. The van der Waals surface area contributed by atoms with Gasteiger partial charge in [-0.25, -0.2) is 4.79 Å². The number of aliphatic hydroxyl groups is 1. The number of benzene rings is 2. The summed E-state index contributed by atoms with van der Waals surface area (Å²) in [4.78, 5) is 24.1. The lowest BCUT2D eigenvalue weighted by Crippen LogP contribution is -2.32. The summed E-state index contributed by atoms with van der Waals surface area (Å²) in [5, 5.41) is 13.5. The Bertz CT molecular complexity index is 1060. The van der Waals surface area contributed by atoms with E-state index in [1.807, 2.05) is 32.0 Å². The van der Waals surface area contributed by atoms with Gasteiger partial charge in [0.25, 0.3) is 5.91 Å². The highest BCUT2D eigenvalue weighted by atomic mass is 16.5. The molecule has 0 saturated heterocycles. The monoisotopic (exact) mass is 381 g/mol. The lowest BCUT2D eigenvalue weighted by atomic mass is 10.0. The van der Waals surface area contributed by atoms with Crippen LogP contribution in [-0.2, 0) is 4.79 Å². The predicted octanol–water partition coefficient (Wildman–Crippen LogP) is 2.95. The van der Waals surface area contributed by atoms with Gasteiger partial charge in [-0.1, -0.05) is 30.3 Å². The van der Waals surface area contributed by atoms with Crippen molar-refractivity contribution in [1.82, 2.24) is 5.32 Å². The standard InChI is InChI=1S/C22H23NO5/c1-13-9-18(21-14(2)15(3)22(26)28-19(21)10-13)27-12-20(25)23-11-17(24)16-7-5-4-6-8-16/h4-10,17,24H,11-12H2,1-3H3,(H,23,25)/t17-/m1/s1. The average molecular weight is 381 g/mol. The second-order valence-corrected chi connectivity index (χ2v) is 6.79. The van der Waals surface area contributed by atoms with Gasteiger partial charge in [-0.15, -0.1) is 0 Å². The number of carbonyl (C=O) groups excluding carboxylic acids is 1. The molecule has 0 saturated carbocycles. The molecule has 0 spiro atoms. The first kappa shape index (κ1) is 19.6. The molecule has 0 aliphatic rings. The molecular weight excluding hydrogens is 358 g/mol. The Kier molecular flexibility index (Phi) is 5.80. The minimum absolute atomic E-state index is 0.0911. The number of fused-ring (bicyclic) bond motifs is 1. The van der Waals surface area contributed by atoms with Crippen LogP contribution in [0, 0.1) is 20.8 Å². The fraction of sp³-hybridized carbons (Fsp3) is 0.273. The number of hydrogen-bond acceptors (Lipinski definition) is 5. The van der Waals surface area contributed by atoms with Gasteiger partial charge in [0.1, 0.15) is 11.3 Å². The molecule has 0 bridgehead atoms. The first-order chi connectivity index (χ1) is 13.4. The van der Waals surface area contributed by atoms with Crippen LogP contribution in [0.2, 0.25) is 0 Å². The minimum Gasteiger partial charge on any atom is -0.483 e. The quantitative estimate of drug-likeness (QED) is 0.641. The van der Waals surface area contributed by atoms with E-state index in [1.54, 1.807) is 31.2 Å². The molecule has 3 rings (SSSR count). The van der Waals surface area contributed by atoms with Crippen LogP contribution >= 0.6 is 0 Å². The van der Waals surface area contributed by atoms with Crippen LogP contribution < -0.4 is 15.7 Å². The van der Waals surface area contributed by atoms with Gasteiger partial charge in [0.15, 0.2) is 6.61 Å². The SMILES string of the molecule is Cc1cc(OCC(=O)NC[C@@H](O)c2ccccc2)c2c(C)c(C)c(=O)oc2c1. The van der Waals surface area contributed by atoms with E-state index in [-0.39, 0.29) is 24.7 Å². The molecule has 146 valence electrons. The van der Waals surface area contributed by atoms with E-state index in [1.165, 1.54) is 0 Å². The van der Waals surface area contributed by atoms with Crippen LogP contribution in [0.5, 0.6) is 5.75 Å². The zero-order chi connectivity index (χ0) is 20.3. The summed E-state index contributed by atoms with van der Waals surface area (Å²) < 4.78 is 11.1. The van der Waals surface area contributed by atoms with E-state index in [0.29, 0.717) is 22.3 Å². The van der Waals surface area contributed by atoms with Crippen LogP contribution in [0.25, 0.3) is 11.0 Å². The van der Waals surface area contributed by atoms with Gasteiger partial charge in [0, 0.05) is 12.1 Å². The number of nitrogens with one attached hydrogen (secondary N) is 1. The van der Waals surface area contributed by atoms with Crippen molar-refractivity contribution in [3.8, 4) is 5.75 Å². The normalized spacial score (nSPS) is 12.0. The summed E-state index contributed by atoms with van der Waals surface area (Å²) in [6.45, 7) is 5.26. The number of aryl methyl sites for hydroxylation is 2. The second-order valence-electron chi connectivity index (χ2n) is 6.79. The lowest BCUT2D eigenvalue weighted by molar-refractivity contribution is -0.123. The van der Waals surface area contributed by atoms with E-state index >= 15 is 0 Å². The highest BCUT2D eigenvalue weighted by Gasteiger charge is 2.15. The highest BCUT2D eigenvalue weighted by Crippen LogP contribution is 2.30. The number of carbonyl (C=O) groups is 1. The topological polar surface area (TPSA) is 88.8 Å². The van der Waals surface area contributed by atoms with Crippen molar-refractivity contribution < 1.29 is 19.1 Å². The molecule has 28 heavy (non-hydrogen) atoms. The van der Waals surface area contributed by atoms with Crippen LogP contribution in [0.1, 0.15) is 28.4 Å². The smallest absolute Gasteiger partial charge is 0.339 e. The van der Waals surface area contributed by atoms with Gasteiger partial charge in [-0.3, -0.25) is 4.79 Å². The molecule has 0 aliphatic heterocycles. The first-order valence-corrected chi connectivity index (χ1v) is 9.04. The number of hydrogen-bond donors (Lipinski definition) is 2. The van der Waals surface area contributed by atoms with Crippen LogP contribution in [-0.4, -0.2) is 24.2 Å². The largest absolute Gasteiger partial charge is 0.483 e.